The normalized spacial score (nSPS) is 17.3. The standard InChI is InChI=1S/C15H13N3O5S2/c1-18-11-6-4-3-5-9(11)12(19)14(25(18,21)22)17-16-10-7-8-24-13(10)15(20)23-2/h3-8,16H,1-2H3/b17-14-. The van der Waals surface area contributed by atoms with Gasteiger partial charge >= 0.3 is 5.97 Å². The molecule has 0 spiro atoms. The van der Waals surface area contributed by atoms with Crippen LogP contribution < -0.4 is 9.73 Å². The second kappa shape index (κ2) is 6.30. The molecule has 0 aliphatic carbocycles. The topological polar surface area (TPSA) is 105 Å². The fourth-order valence-corrected chi connectivity index (χ4v) is 4.24. The Hall–Kier alpha value is -2.72. The highest BCUT2D eigenvalue weighted by atomic mass is 32.2. The lowest BCUT2D eigenvalue weighted by Gasteiger charge is -2.26. The Morgan fingerprint density at radius 1 is 1.28 bits per heavy atom. The largest absolute Gasteiger partial charge is 0.465 e. The lowest BCUT2D eigenvalue weighted by atomic mass is 10.1. The van der Waals surface area contributed by atoms with E-state index in [1.807, 2.05) is 0 Å². The quantitative estimate of drug-likeness (QED) is 0.645. The van der Waals surface area contributed by atoms with Gasteiger partial charge in [0.05, 0.1) is 18.5 Å². The van der Waals surface area contributed by atoms with Crippen molar-refractivity contribution in [1.82, 2.24) is 0 Å². The molecular weight excluding hydrogens is 366 g/mol. The van der Waals surface area contributed by atoms with E-state index >= 15 is 0 Å². The number of para-hydroxylation sites is 1. The lowest BCUT2D eigenvalue weighted by Crippen LogP contribution is -2.43. The number of benzene rings is 1. The number of hydrazone groups is 1. The van der Waals surface area contributed by atoms with E-state index in [2.05, 4.69) is 15.3 Å². The van der Waals surface area contributed by atoms with E-state index < -0.39 is 26.8 Å². The zero-order valence-corrected chi connectivity index (χ0v) is 14.8. The molecule has 2 aromatic rings. The van der Waals surface area contributed by atoms with Crippen molar-refractivity contribution in [3.05, 3.63) is 46.2 Å². The zero-order chi connectivity index (χ0) is 18.2. The summed E-state index contributed by atoms with van der Waals surface area (Å²) in [5.74, 6) is -1.30. The predicted molar refractivity (Wildman–Crippen MR) is 94.8 cm³/mol. The van der Waals surface area contributed by atoms with Gasteiger partial charge in [-0.25, -0.2) is 4.79 Å². The van der Waals surface area contributed by atoms with E-state index in [9.17, 15) is 18.0 Å². The molecular formula is C15H13N3O5S2. The van der Waals surface area contributed by atoms with Gasteiger partial charge in [0, 0.05) is 12.6 Å². The van der Waals surface area contributed by atoms with Crippen LogP contribution in [0.15, 0.2) is 40.8 Å². The van der Waals surface area contributed by atoms with Gasteiger partial charge in [0.1, 0.15) is 4.88 Å². The van der Waals surface area contributed by atoms with Crippen molar-refractivity contribution in [2.45, 2.75) is 0 Å². The van der Waals surface area contributed by atoms with Crippen molar-refractivity contribution < 1.29 is 22.7 Å². The third-order valence-corrected chi connectivity index (χ3v) is 6.18. The fraction of sp³-hybridized carbons (Fsp3) is 0.133. The molecule has 3 rings (SSSR count). The summed E-state index contributed by atoms with van der Waals surface area (Å²) < 4.78 is 30.8. The van der Waals surface area contributed by atoms with Crippen molar-refractivity contribution in [2.24, 2.45) is 5.10 Å². The average molecular weight is 379 g/mol. The number of hydrogen-bond donors (Lipinski definition) is 1. The third-order valence-electron chi connectivity index (χ3n) is 3.60. The number of thiophene rings is 1. The molecule has 1 N–H and O–H groups in total. The van der Waals surface area contributed by atoms with Crippen LogP contribution in [0.2, 0.25) is 0 Å². The minimum atomic E-state index is -4.10. The number of carbonyl (C=O) groups is 2. The smallest absolute Gasteiger partial charge is 0.350 e. The first kappa shape index (κ1) is 17.1. The van der Waals surface area contributed by atoms with E-state index in [-0.39, 0.29) is 21.8 Å². The highest BCUT2D eigenvalue weighted by Gasteiger charge is 2.39. The molecule has 0 atom stereocenters. The molecule has 130 valence electrons. The first-order valence-electron chi connectivity index (χ1n) is 7.00. The number of ether oxygens (including phenoxy) is 1. The van der Waals surface area contributed by atoms with Gasteiger partial charge in [0.15, 0.2) is 0 Å². The number of hydrogen-bond acceptors (Lipinski definition) is 8. The van der Waals surface area contributed by atoms with Gasteiger partial charge in [-0.15, -0.1) is 11.3 Å². The van der Waals surface area contributed by atoms with Crippen LogP contribution in [0.4, 0.5) is 11.4 Å². The van der Waals surface area contributed by atoms with E-state index in [0.29, 0.717) is 0 Å². The van der Waals surface area contributed by atoms with Crippen LogP contribution in [-0.4, -0.2) is 39.4 Å². The third kappa shape index (κ3) is 2.79. The molecule has 0 bridgehead atoms. The maximum absolute atomic E-state index is 12.6. The Balaban J connectivity index is 2.03. The molecule has 8 nitrogen and oxygen atoms in total. The van der Waals surface area contributed by atoms with Gasteiger partial charge in [-0.05, 0) is 23.6 Å². The van der Waals surface area contributed by atoms with E-state index in [1.165, 1.54) is 20.2 Å². The molecule has 0 fully saturated rings. The molecule has 2 heterocycles. The number of nitrogens with zero attached hydrogens (tertiary/aromatic N) is 2. The molecule has 0 radical (unpaired) electrons. The molecule has 1 aliphatic rings. The molecule has 0 amide bonds. The van der Waals surface area contributed by atoms with E-state index in [1.54, 1.807) is 29.6 Å². The minimum Gasteiger partial charge on any atom is -0.465 e. The Morgan fingerprint density at radius 3 is 2.72 bits per heavy atom. The summed E-state index contributed by atoms with van der Waals surface area (Å²) >= 11 is 1.11. The molecule has 1 aromatic heterocycles. The maximum Gasteiger partial charge on any atom is 0.350 e. The number of carbonyl (C=O) groups excluding carboxylic acids is 2. The summed E-state index contributed by atoms with van der Waals surface area (Å²) in [6.07, 6.45) is 0. The number of sulfonamides is 1. The first-order chi connectivity index (χ1) is 11.9. The second-order valence-electron chi connectivity index (χ2n) is 5.00. The highest BCUT2D eigenvalue weighted by Crippen LogP contribution is 2.30. The SMILES string of the molecule is COC(=O)c1sccc1N/N=C1/C(=O)c2ccccc2N(C)S1(=O)=O. The minimum absolute atomic E-state index is 0.223. The number of esters is 1. The molecule has 25 heavy (non-hydrogen) atoms. The summed E-state index contributed by atoms with van der Waals surface area (Å²) in [4.78, 5) is 24.4. The zero-order valence-electron chi connectivity index (χ0n) is 13.2. The average Bonchev–Trinajstić information content (AvgIpc) is 3.07. The summed E-state index contributed by atoms with van der Waals surface area (Å²) in [6, 6.07) is 7.90. The monoisotopic (exact) mass is 379 g/mol. The molecule has 1 aromatic carbocycles. The molecule has 0 saturated heterocycles. The Kier molecular flexibility index (Phi) is 4.31. The Morgan fingerprint density at radius 2 is 2.00 bits per heavy atom. The van der Waals surface area contributed by atoms with Crippen LogP contribution in [0, 0.1) is 0 Å². The number of Topliss-reactive ketones (excluding diaryl/α,β-unsaturated/α-hetero) is 1. The van der Waals surface area contributed by atoms with Crippen molar-refractivity contribution in [3.63, 3.8) is 0 Å². The molecule has 10 heteroatoms. The highest BCUT2D eigenvalue weighted by molar-refractivity contribution is 8.09. The number of rotatable bonds is 3. The van der Waals surface area contributed by atoms with Crippen LogP contribution >= 0.6 is 11.3 Å². The predicted octanol–water partition coefficient (Wildman–Crippen LogP) is 1.92. The number of anilines is 2. The van der Waals surface area contributed by atoms with Crippen molar-refractivity contribution in [3.8, 4) is 0 Å². The lowest BCUT2D eigenvalue weighted by molar-refractivity contribution is 0.0607. The summed E-state index contributed by atoms with van der Waals surface area (Å²) in [6.45, 7) is 0. The van der Waals surface area contributed by atoms with Crippen molar-refractivity contribution >= 4 is 49.5 Å². The van der Waals surface area contributed by atoms with E-state index in [4.69, 9.17) is 0 Å². The van der Waals surface area contributed by atoms with Gasteiger partial charge < -0.3 is 4.74 Å². The number of fused-ring (bicyclic) bond motifs is 1. The van der Waals surface area contributed by atoms with Crippen LogP contribution in [0.5, 0.6) is 0 Å². The summed E-state index contributed by atoms with van der Waals surface area (Å²) in [5, 5.41) is 4.75. The number of methoxy groups -OCH3 is 1. The van der Waals surface area contributed by atoms with Crippen molar-refractivity contribution in [1.29, 1.82) is 0 Å². The van der Waals surface area contributed by atoms with Crippen LogP contribution in [0.25, 0.3) is 0 Å². The van der Waals surface area contributed by atoms with Gasteiger partial charge in [0.2, 0.25) is 10.8 Å². The van der Waals surface area contributed by atoms with Crippen LogP contribution in [0.3, 0.4) is 0 Å². The molecule has 0 unspecified atom stereocenters. The second-order valence-corrected chi connectivity index (χ2v) is 7.80. The van der Waals surface area contributed by atoms with Gasteiger partial charge in [-0.1, -0.05) is 12.1 Å². The molecule has 1 aliphatic heterocycles. The Bertz CT molecular complexity index is 994. The maximum atomic E-state index is 12.6. The van der Waals surface area contributed by atoms with Crippen LogP contribution in [-0.2, 0) is 14.8 Å². The first-order valence-corrected chi connectivity index (χ1v) is 9.32. The van der Waals surface area contributed by atoms with Gasteiger partial charge in [-0.2, -0.15) is 13.5 Å². The van der Waals surface area contributed by atoms with Gasteiger partial charge in [0.25, 0.3) is 10.0 Å². The number of nitrogens with one attached hydrogen (secondary N) is 1. The van der Waals surface area contributed by atoms with Crippen LogP contribution in [0.1, 0.15) is 20.0 Å². The number of ketones is 1. The van der Waals surface area contributed by atoms with Crippen molar-refractivity contribution in [2.75, 3.05) is 23.9 Å². The molecule has 0 saturated carbocycles. The summed E-state index contributed by atoms with van der Waals surface area (Å²) in [5.41, 5.74) is 3.27. The Labute approximate surface area is 147 Å². The fourth-order valence-electron chi connectivity index (χ4n) is 2.30. The van der Waals surface area contributed by atoms with E-state index in [0.717, 1.165) is 15.6 Å². The summed E-state index contributed by atoms with van der Waals surface area (Å²) in [7, 11) is -1.52. The van der Waals surface area contributed by atoms with Gasteiger partial charge in [-0.3, -0.25) is 14.5 Å².